The van der Waals surface area contributed by atoms with Crippen molar-refractivity contribution in [1.82, 2.24) is 9.88 Å². The monoisotopic (exact) mass is 294 g/mol. The molecule has 6 heteroatoms. The molecular weight excluding hydrogens is 276 g/mol. The highest BCUT2D eigenvalue weighted by Crippen LogP contribution is 2.22. The first-order chi connectivity index (χ1) is 9.66. The molecule has 1 aromatic rings. The second kappa shape index (κ2) is 7.28. The van der Waals surface area contributed by atoms with Crippen LogP contribution in [-0.4, -0.2) is 51.5 Å². The van der Waals surface area contributed by atoms with Gasteiger partial charge in [0.25, 0.3) is 0 Å². The van der Waals surface area contributed by atoms with Crippen molar-refractivity contribution in [2.45, 2.75) is 12.8 Å². The number of hydrogen-bond donors (Lipinski definition) is 1. The van der Waals surface area contributed by atoms with Crippen molar-refractivity contribution in [3.05, 3.63) is 30.1 Å². The van der Waals surface area contributed by atoms with E-state index in [0.717, 1.165) is 18.6 Å². The number of carboxylic acid groups (broad SMARTS) is 1. The first-order valence-electron chi connectivity index (χ1n) is 6.65. The average molecular weight is 294 g/mol. The summed E-state index contributed by atoms with van der Waals surface area (Å²) in [6.07, 6.45) is 4.20. The Morgan fingerprint density at radius 1 is 1.30 bits per heavy atom. The average Bonchev–Trinajstić information content (AvgIpc) is 2.48. The largest absolute Gasteiger partial charge is 0.465 e. The van der Waals surface area contributed by atoms with E-state index in [4.69, 9.17) is 5.11 Å². The number of piperidine rings is 1. The Kier molecular flexibility index (Phi) is 5.40. The van der Waals surface area contributed by atoms with E-state index in [1.165, 1.54) is 4.90 Å². The van der Waals surface area contributed by atoms with Crippen LogP contribution in [0.1, 0.15) is 23.2 Å². The smallest absolute Gasteiger partial charge is 0.407 e. The Bertz CT molecular complexity index is 459. The van der Waals surface area contributed by atoms with E-state index in [-0.39, 0.29) is 5.78 Å². The fourth-order valence-corrected chi connectivity index (χ4v) is 3.37. The molecule has 1 fully saturated rings. The number of pyridine rings is 1. The predicted octanol–water partition coefficient (Wildman–Crippen LogP) is 2.39. The summed E-state index contributed by atoms with van der Waals surface area (Å²) in [5.74, 6) is 2.04. The third-order valence-electron chi connectivity index (χ3n) is 3.47. The van der Waals surface area contributed by atoms with Crippen LogP contribution in [0.4, 0.5) is 4.79 Å². The van der Waals surface area contributed by atoms with Crippen LogP contribution < -0.4 is 0 Å². The topological polar surface area (TPSA) is 70.5 Å². The summed E-state index contributed by atoms with van der Waals surface area (Å²) in [6.45, 7) is 1.22. The van der Waals surface area contributed by atoms with Gasteiger partial charge in [-0.25, -0.2) is 4.79 Å². The Labute approximate surface area is 122 Å². The Morgan fingerprint density at radius 3 is 2.55 bits per heavy atom. The minimum Gasteiger partial charge on any atom is -0.465 e. The van der Waals surface area contributed by atoms with Crippen LogP contribution in [0, 0.1) is 5.92 Å². The van der Waals surface area contributed by atoms with E-state index in [1.807, 2.05) is 0 Å². The zero-order valence-corrected chi connectivity index (χ0v) is 12.0. The summed E-state index contributed by atoms with van der Waals surface area (Å²) in [6, 6.07) is 3.46. The summed E-state index contributed by atoms with van der Waals surface area (Å²) in [5.41, 5.74) is 0.702. The number of carbonyl (C=O) groups excluding carboxylic acids is 1. The molecule has 0 aromatic carbocycles. The van der Waals surface area contributed by atoms with Gasteiger partial charge in [-0.15, -0.1) is 0 Å². The molecule has 2 heterocycles. The fraction of sp³-hybridized carbons (Fsp3) is 0.500. The van der Waals surface area contributed by atoms with Crippen molar-refractivity contribution < 1.29 is 14.7 Å². The maximum Gasteiger partial charge on any atom is 0.407 e. The molecule has 1 saturated heterocycles. The van der Waals surface area contributed by atoms with Crippen molar-refractivity contribution in [2.24, 2.45) is 5.92 Å². The Balaban J connectivity index is 1.67. The normalized spacial score (nSPS) is 16.1. The number of hydrogen-bond acceptors (Lipinski definition) is 4. The summed E-state index contributed by atoms with van der Waals surface area (Å²) < 4.78 is 0. The van der Waals surface area contributed by atoms with Gasteiger partial charge in [-0.1, -0.05) is 0 Å². The first kappa shape index (κ1) is 14.8. The molecule has 0 atom stereocenters. The molecule has 0 bridgehead atoms. The molecule has 0 radical (unpaired) electrons. The van der Waals surface area contributed by atoms with Crippen molar-refractivity contribution >= 4 is 23.6 Å². The van der Waals surface area contributed by atoms with Gasteiger partial charge in [-0.05, 0) is 36.6 Å². The van der Waals surface area contributed by atoms with Gasteiger partial charge in [-0.3, -0.25) is 9.78 Å². The highest BCUT2D eigenvalue weighted by molar-refractivity contribution is 7.99. The van der Waals surface area contributed by atoms with E-state index in [2.05, 4.69) is 4.98 Å². The quantitative estimate of drug-likeness (QED) is 0.844. The molecule has 5 nitrogen and oxygen atoms in total. The van der Waals surface area contributed by atoms with Gasteiger partial charge in [0.2, 0.25) is 0 Å². The first-order valence-corrected chi connectivity index (χ1v) is 7.81. The van der Waals surface area contributed by atoms with Gasteiger partial charge in [0, 0.05) is 31.0 Å². The van der Waals surface area contributed by atoms with E-state index in [0.29, 0.717) is 30.3 Å². The second-order valence-corrected chi connectivity index (χ2v) is 5.92. The highest BCUT2D eigenvalue weighted by Gasteiger charge is 2.22. The van der Waals surface area contributed by atoms with Crippen LogP contribution in [0.3, 0.4) is 0 Å². The summed E-state index contributed by atoms with van der Waals surface area (Å²) in [4.78, 5) is 28.0. The molecule has 0 spiro atoms. The number of carbonyl (C=O) groups is 2. The summed E-state index contributed by atoms with van der Waals surface area (Å²) >= 11 is 1.64. The molecule has 1 aliphatic heterocycles. The zero-order chi connectivity index (χ0) is 14.4. The lowest BCUT2D eigenvalue weighted by molar-refractivity contribution is 0.102. The third kappa shape index (κ3) is 4.23. The lowest BCUT2D eigenvalue weighted by atomic mass is 9.99. The number of Topliss-reactive ketones (excluding diaryl/α,β-unsaturated/α-hetero) is 1. The van der Waals surface area contributed by atoms with Crippen molar-refractivity contribution in [3.63, 3.8) is 0 Å². The fourth-order valence-electron chi connectivity index (χ4n) is 2.23. The van der Waals surface area contributed by atoms with E-state index in [1.54, 1.807) is 36.3 Å². The molecular formula is C14H18N2O3S. The van der Waals surface area contributed by atoms with Crippen LogP contribution >= 0.6 is 11.8 Å². The number of nitrogens with zero attached hydrogens (tertiary/aromatic N) is 2. The SMILES string of the molecule is O=C(CSCC1CCN(C(=O)O)CC1)c1ccncc1. The molecule has 0 aliphatic carbocycles. The molecule has 1 aliphatic rings. The standard InChI is InChI=1S/C14H18N2O3S/c17-13(12-1-5-15-6-2-12)10-20-9-11-3-7-16(8-4-11)14(18)19/h1-2,5-6,11H,3-4,7-10H2,(H,18,19). The number of aromatic nitrogens is 1. The van der Waals surface area contributed by atoms with E-state index >= 15 is 0 Å². The second-order valence-electron chi connectivity index (χ2n) is 4.89. The molecule has 0 unspecified atom stereocenters. The number of rotatable bonds is 5. The van der Waals surface area contributed by atoms with Gasteiger partial charge >= 0.3 is 6.09 Å². The molecule has 108 valence electrons. The van der Waals surface area contributed by atoms with Gasteiger partial charge < -0.3 is 10.0 Å². The van der Waals surface area contributed by atoms with Gasteiger partial charge in [-0.2, -0.15) is 11.8 Å². The minimum atomic E-state index is -0.830. The number of ketones is 1. The number of likely N-dealkylation sites (tertiary alicyclic amines) is 1. The molecule has 2 rings (SSSR count). The number of amides is 1. The molecule has 0 saturated carbocycles. The van der Waals surface area contributed by atoms with Crippen molar-refractivity contribution in [1.29, 1.82) is 0 Å². The summed E-state index contributed by atoms with van der Waals surface area (Å²) in [5, 5.41) is 8.87. The Hall–Kier alpha value is -1.56. The molecule has 1 N–H and O–H groups in total. The van der Waals surface area contributed by atoms with Gasteiger partial charge in [0.15, 0.2) is 5.78 Å². The van der Waals surface area contributed by atoms with Crippen LogP contribution in [0.2, 0.25) is 0 Å². The molecule has 1 amide bonds. The third-order valence-corrected chi connectivity index (χ3v) is 4.65. The number of thioether (sulfide) groups is 1. The maximum absolute atomic E-state index is 11.9. The molecule has 1 aromatic heterocycles. The van der Waals surface area contributed by atoms with Crippen LogP contribution in [0.15, 0.2) is 24.5 Å². The van der Waals surface area contributed by atoms with E-state index < -0.39 is 6.09 Å². The van der Waals surface area contributed by atoms with Gasteiger partial charge in [0.1, 0.15) is 0 Å². The summed E-state index contributed by atoms with van der Waals surface area (Å²) in [7, 11) is 0. The molecule has 20 heavy (non-hydrogen) atoms. The van der Waals surface area contributed by atoms with Crippen LogP contribution in [-0.2, 0) is 0 Å². The highest BCUT2D eigenvalue weighted by atomic mass is 32.2. The van der Waals surface area contributed by atoms with Crippen molar-refractivity contribution in [2.75, 3.05) is 24.6 Å². The predicted molar refractivity (Wildman–Crippen MR) is 78.2 cm³/mol. The zero-order valence-electron chi connectivity index (χ0n) is 11.2. The van der Waals surface area contributed by atoms with E-state index in [9.17, 15) is 9.59 Å². The van der Waals surface area contributed by atoms with Gasteiger partial charge in [0.05, 0.1) is 5.75 Å². The minimum absolute atomic E-state index is 0.125. The lowest BCUT2D eigenvalue weighted by Crippen LogP contribution is -2.38. The Morgan fingerprint density at radius 2 is 1.95 bits per heavy atom. The van der Waals surface area contributed by atoms with Crippen LogP contribution in [0.25, 0.3) is 0 Å². The lowest BCUT2D eigenvalue weighted by Gasteiger charge is -2.29. The van der Waals surface area contributed by atoms with Crippen LogP contribution in [0.5, 0.6) is 0 Å². The van der Waals surface area contributed by atoms with Crippen molar-refractivity contribution in [3.8, 4) is 0 Å². The maximum atomic E-state index is 11.9.